The second-order valence-electron chi connectivity index (χ2n) is 5.17. The van der Waals surface area contributed by atoms with Crippen molar-refractivity contribution in [2.24, 2.45) is 0 Å². The number of thioether (sulfide) groups is 1. The average molecular weight is 458 g/mol. The number of nitrogens with one attached hydrogen (secondary N) is 1. The second-order valence-corrected chi connectivity index (χ2v) is 8.12. The molecule has 0 spiro atoms. The third-order valence-electron chi connectivity index (χ3n) is 3.72. The quantitative estimate of drug-likeness (QED) is 0.682. The summed E-state index contributed by atoms with van der Waals surface area (Å²) in [6, 6.07) is 4.73. The highest BCUT2D eigenvalue weighted by atomic mass is 79.9. The van der Waals surface area contributed by atoms with E-state index in [4.69, 9.17) is 9.47 Å². The van der Waals surface area contributed by atoms with Gasteiger partial charge in [-0.3, -0.25) is 4.79 Å². The lowest BCUT2D eigenvalue weighted by Crippen LogP contribution is -2.22. The Labute approximate surface area is 164 Å². The zero-order chi connectivity index (χ0) is 19.0. The van der Waals surface area contributed by atoms with Gasteiger partial charge in [-0.05, 0) is 18.2 Å². The van der Waals surface area contributed by atoms with Crippen LogP contribution in [0.4, 0.5) is 0 Å². The fourth-order valence-electron chi connectivity index (χ4n) is 2.63. The molecule has 1 aromatic carbocycles. The van der Waals surface area contributed by atoms with E-state index in [2.05, 4.69) is 20.9 Å². The average Bonchev–Trinajstić information content (AvgIpc) is 3.00. The van der Waals surface area contributed by atoms with Gasteiger partial charge in [0, 0.05) is 10.0 Å². The Balaban J connectivity index is 2.35. The number of H-pyrrole nitrogens is 1. The van der Waals surface area contributed by atoms with Gasteiger partial charge in [-0.25, -0.2) is 9.59 Å². The molecule has 10 heteroatoms. The van der Waals surface area contributed by atoms with Gasteiger partial charge in [0.05, 0.1) is 35.6 Å². The fourth-order valence-corrected chi connectivity index (χ4v) is 5.23. The number of rotatable bonds is 3. The summed E-state index contributed by atoms with van der Waals surface area (Å²) in [4.78, 5) is 39.5. The van der Waals surface area contributed by atoms with Gasteiger partial charge in [0.1, 0.15) is 10.7 Å². The number of thiazole rings is 1. The Morgan fingerprint density at radius 3 is 2.58 bits per heavy atom. The number of ether oxygens (including phenoxy) is 2. The van der Waals surface area contributed by atoms with Crippen molar-refractivity contribution < 1.29 is 24.2 Å². The molecule has 2 N–H and O–H groups in total. The molecule has 0 saturated heterocycles. The first-order chi connectivity index (χ1) is 12.4. The molecule has 1 aromatic heterocycles. The highest BCUT2D eigenvalue weighted by Gasteiger charge is 2.40. The molecule has 1 atom stereocenters. The Morgan fingerprint density at radius 1 is 1.23 bits per heavy atom. The number of aromatic nitrogens is 1. The molecule has 1 aliphatic heterocycles. The molecule has 26 heavy (non-hydrogen) atoms. The molecule has 2 heterocycles. The maximum absolute atomic E-state index is 12.5. The zero-order valence-corrected chi connectivity index (χ0v) is 16.7. The van der Waals surface area contributed by atoms with Crippen molar-refractivity contribution in [2.75, 3.05) is 14.2 Å². The number of carbonyl (C=O) groups excluding carboxylic acids is 2. The number of aromatic hydroxyl groups is 1. The standard InChI is InChI=1S/C16H12BrNO6S2/c1-23-14(20)10-9(7-5-6(17)3-4-8(7)19)11-13(18-16(22)26-11)25-12(10)15(21)24-2/h3-5,9,19H,1-2H3,(H,18,22)/t9-/m1/s1. The number of carbonyl (C=O) groups is 2. The molecule has 0 bridgehead atoms. The normalized spacial score (nSPS) is 16.2. The predicted octanol–water partition coefficient (Wildman–Crippen LogP) is 2.74. The zero-order valence-electron chi connectivity index (χ0n) is 13.5. The molecule has 3 rings (SSSR count). The van der Waals surface area contributed by atoms with E-state index in [1.54, 1.807) is 12.1 Å². The Kier molecular flexibility index (Phi) is 5.26. The molecular weight excluding hydrogens is 446 g/mol. The van der Waals surface area contributed by atoms with Crippen LogP contribution >= 0.6 is 39.0 Å². The minimum absolute atomic E-state index is 0.00488. The van der Waals surface area contributed by atoms with Crippen LogP contribution in [0.1, 0.15) is 16.4 Å². The van der Waals surface area contributed by atoms with Crippen molar-refractivity contribution >= 4 is 51.0 Å². The molecule has 2 aromatic rings. The van der Waals surface area contributed by atoms with Gasteiger partial charge in [-0.1, -0.05) is 39.0 Å². The van der Waals surface area contributed by atoms with Gasteiger partial charge in [0.25, 0.3) is 0 Å². The van der Waals surface area contributed by atoms with Crippen molar-refractivity contribution in [3.63, 3.8) is 0 Å². The number of aromatic amines is 1. The van der Waals surface area contributed by atoms with Crippen molar-refractivity contribution in [3.8, 4) is 5.75 Å². The lowest BCUT2D eigenvalue weighted by molar-refractivity contribution is -0.139. The summed E-state index contributed by atoms with van der Waals surface area (Å²) in [5.74, 6) is -2.40. The molecular formula is C16H12BrNO6S2. The number of phenols is 1. The maximum atomic E-state index is 12.5. The largest absolute Gasteiger partial charge is 0.508 e. The summed E-state index contributed by atoms with van der Waals surface area (Å²) >= 11 is 5.18. The molecule has 0 aliphatic carbocycles. The Bertz CT molecular complexity index is 993. The van der Waals surface area contributed by atoms with E-state index in [0.717, 1.165) is 23.1 Å². The van der Waals surface area contributed by atoms with Gasteiger partial charge in [0.2, 0.25) is 0 Å². The van der Waals surface area contributed by atoms with Gasteiger partial charge in [-0.2, -0.15) is 0 Å². The SMILES string of the molecule is COC(=O)C1=C(C(=O)OC)[C@@H](c2cc(Br)ccc2O)c2sc(=O)[nH]c2S1. The molecule has 0 fully saturated rings. The minimum atomic E-state index is -0.853. The maximum Gasteiger partial charge on any atom is 0.345 e. The lowest BCUT2D eigenvalue weighted by Gasteiger charge is -2.26. The van der Waals surface area contributed by atoms with E-state index >= 15 is 0 Å². The van der Waals surface area contributed by atoms with Crippen molar-refractivity contribution in [1.82, 2.24) is 4.98 Å². The topological polar surface area (TPSA) is 106 Å². The van der Waals surface area contributed by atoms with Crippen LogP contribution in [0.15, 0.2) is 43.0 Å². The molecule has 7 nitrogen and oxygen atoms in total. The summed E-state index contributed by atoms with van der Waals surface area (Å²) < 4.78 is 10.3. The van der Waals surface area contributed by atoms with Gasteiger partial charge >= 0.3 is 16.8 Å². The molecule has 0 unspecified atom stereocenters. The van der Waals surface area contributed by atoms with Crippen LogP contribution in [-0.4, -0.2) is 36.2 Å². The third-order valence-corrected chi connectivity index (χ3v) is 6.40. The Morgan fingerprint density at radius 2 is 1.92 bits per heavy atom. The first-order valence-corrected chi connectivity index (χ1v) is 9.60. The number of halogens is 1. The van der Waals surface area contributed by atoms with Crippen LogP contribution in [0.5, 0.6) is 5.75 Å². The van der Waals surface area contributed by atoms with E-state index in [1.807, 2.05) is 0 Å². The second kappa shape index (κ2) is 7.29. The first kappa shape index (κ1) is 18.7. The van der Waals surface area contributed by atoms with E-state index < -0.39 is 17.9 Å². The highest BCUT2D eigenvalue weighted by molar-refractivity contribution is 9.10. The van der Waals surface area contributed by atoms with E-state index in [-0.39, 0.29) is 21.1 Å². The van der Waals surface area contributed by atoms with E-state index in [0.29, 0.717) is 19.9 Å². The third kappa shape index (κ3) is 3.19. The van der Waals surface area contributed by atoms with Crippen LogP contribution in [0.2, 0.25) is 0 Å². The van der Waals surface area contributed by atoms with Gasteiger partial charge < -0.3 is 19.6 Å². The highest BCUT2D eigenvalue weighted by Crippen LogP contribution is 2.50. The van der Waals surface area contributed by atoms with Crippen LogP contribution < -0.4 is 4.87 Å². The number of fused-ring (bicyclic) bond motifs is 1. The van der Waals surface area contributed by atoms with Gasteiger partial charge in [0.15, 0.2) is 0 Å². The monoisotopic (exact) mass is 457 g/mol. The molecule has 136 valence electrons. The number of esters is 2. The van der Waals surface area contributed by atoms with Crippen LogP contribution in [-0.2, 0) is 19.1 Å². The summed E-state index contributed by atoms with van der Waals surface area (Å²) in [5, 5.41) is 10.8. The van der Waals surface area contributed by atoms with Crippen LogP contribution in [0.25, 0.3) is 0 Å². The molecule has 0 radical (unpaired) electrons. The number of phenolic OH excluding ortho intramolecular Hbond substituents is 1. The number of methoxy groups -OCH3 is 2. The summed E-state index contributed by atoms with van der Waals surface area (Å²) in [6.07, 6.45) is 0. The Hall–Kier alpha value is -2.04. The summed E-state index contributed by atoms with van der Waals surface area (Å²) in [5.41, 5.74) is 0.374. The molecule has 0 saturated carbocycles. The first-order valence-electron chi connectivity index (χ1n) is 7.17. The lowest BCUT2D eigenvalue weighted by atomic mass is 9.88. The summed E-state index contributed by atoms with van der Waals surface area (Å²) in [6.45, 7) is 0. The number of hydrogen-bond acceptors (Lipinski definition) is 8. The molecule has 0 amide bonds. The number of hydrogen-bond donors (Lipinski definition) is 2. The van der Waals surface area contributed by atoms with Crippen LogP contribution in [0, 0.1) is 0 Å². The van der Waals surface area contributed by atoms with Crippen LogP contribution in [0.3, 0.4) is 0 Å². The minimum Gasteiger partial charge on any atom is -0.508 e. The van der Waals surface area contributed by atoms with E-state index in [9.17, 15) is 19.5 Å². The summed E-state index contributed by atoms with van der Waals surface area (Å²) in [7, 11) is 2.39. The van der Waals surface area contributed by atoms with Crippen molar-refractivity contribution in [2.45, 2.75) is 10.9 Å². The van der Waals surface area contributed by atoms with Crippen molar-refractivity contribution in [1.29, 1.82) is 0 Å². The smallest absolute Gasteiger partial charge is 0.345 e. The van der Waals surface area contributed by atoms with Crippen molar-refractivity contribution in [3.05, 3.63) is 53.3 Å². The fraction of sp³-hybridized carbons (Fsp3) is 0.188. The van der Waals surface area contributed by atoms with E-state index in [1.165, 1.54) is 20.3 Å². The van der Waals surface area contributed by atoms with Gasteiger partial charge in [-0.15, -0.1) is 0 Å². The molecule has 1 aliphatic rings. The predicted molar refractivity (Wildman–Crippen MR) is 99.5 cm³/mol. The number of benzene rings is 1.